The lowest BCUT2D eigenvalue weighted by atomic mass is 10.1. The molecule has 5 nitrogen and oxygen atoms in total. The highest BCUT2D eigenvalue weighted by atomic mass is 28.4. The molecule has 0 saturated carbocycles. The Morgan fingerprint density at radius 3 is 2.00 bits per heavy atom. The highest BCUT2D eigenvalue weighted by molar-refractivity contribution is 6.60. The summed E-state index contributed by atoms with van der Waals surface area (Å²) in [5, 5.41) is 3.55. The number of nitrogens with zero attached hydrogens (tertiary/aromatic N) is 1. The summed E-state index contributed by atoms with van der Waals surface area (Å²) in [4.78, 5) is 2.57. The number of piperidine rings is 1. The predicted octanol–water partition coefficient (Wildman–Crippen LogP) is 2.50. The van der Waals surface area contributed by atoms with Crippen LogP contribution in [-0.2, 0) is 13.3 Å². The molecule has 0 aliphatic carbocycles. The van der Waals surface area contributed by atoms with E-state index in [-0.39, 0.29) is 0 Å². The molecule has 1 aliphatic heterocycles. The van der Waals surface area contributed by atoms with E-state index >= 15 is 0 Å². The zero-order valence-corrected chi connectivity index (χ0v) is 15.9. The first kappa shape index (κ1) is 20.1. The van der Waals surface area contributed by atoms with Crippen LogP contribution in [0.3, 0.4) is 0 Å². The zero-order chi connectivity index (χ0) is 16.1. The Bertz CT molecular complexity index is 247. The Labute approximate surface area is 138 Å². The second-order valence-corrected chi connectivity index (χ2v) is 8.47. The third-order valence-corrected chi connectivity index (χ3v) is 7.13. The fourth-order valence-corrected chi connectivity index (χ4v) is 5.59. The summed E-state index contributed by atoms with van der Waals surface area (Å²) < 4.78 is 17.6. The van der Waals surface area contributed by atoms with Crippen LogP contribution in [0.5, 0.6) is 0 Å². The van der Waals surface area contributed by atoms with Crippen LogP contribution in [-0.4, -0.2) is 66.2 Å². The molecule has 0 amide bonds. The molecule has 22 heavy (non-hydrogen) atoms. The molecule has 0 atom stereocenters. The summed E-state index contributed by atoms with van der Waals surface area (Å²) in [6.07, 6.45) is 5.19. The van der Waals surface area contributed by atoms with Gasteiger partial charge in [0.1, 0.15) is 0 Å². The Balaban J connectivity index is 2.15. The van der Waals surface area contributed by atoms with Gasteiger partial charge in [-0.15, -0.1) is 0 Å². The maximum atomic E-state index is 5.87. The molecule has 0 aromatic rings. The average molecular weight is 333 g/mol. The first-order valence-electron chi connectivity index (χ1n) is 9.11. The van der Waals surface area contributed by atoms with Gasteiger partial charge in [-0.25, -0.2) is 0 Å². The number of nitrogens with one attached hydrogen (secondary N) is 1. The number of likely N-dealkylation sites (tertiary alicyclic amines) is 1. The van der Waals surface area contributed by atoms with E-state index in [0.717, 1.165) is 25.6 Å². The highest BCUT2D eigenvalue weighted by Gasteiger charge is 2.39. The normalized spacial score (nSPS) is 17.0. The summed E-state index contributed by atoms with van der Waals surface area (Å²) in [5.74, 6) is 0. The molecule has 0 radical (unpaired) electrons. The summed E-state index contributed by atoms with van der Waals surface area (Å²) in [6, 6.07) is 0.902. The predicted molar refractivity (Wildman–Crippen MR) is 93.2 cm³/mol. The van der Waals surface area contributed by atoms with Crippen LogP contribution in [0.2, 0.25) is 6.04 Å². The van der Waals surface area contributed by atoms with Crippen molar-refractivity contribution < 1.29 is 13.3 Å². The quantitative estimate of drug-likeness (QED) is 0.415. The van der Waals surface area contributed by atoms with Gasteiger partial charge in [0, 0.05) is 39.0 Å². The van der Waals surface area contributed by atoms with E-state index in [4.69, 9.17) is 13.3 Å². The van der Waals surface area contributed by atoms with Crippen molar-refractivity contribution in [3.05, 3.63) is 0 Å². The highest BCUT2D eigenvalue weighted by Crippen LogP contribution is 2.17. The van der Waals surface area contributed by atoms with Gasteiger partial charge in [0.15, 0.2) is 0 Å². The second-order valence-electron chi connectivity index (χ2n) is 5.74. The fourth-order valence-electron chi connectivity index (χ4n) is 2.98. The van der Waals surface area contributed by atoms with E-state index in [0.29, 0.717) is 19.8 Å². The minimum absolute atomic E-state index is 0.661. The van der Waals surface area contributed by atoms with Crippen molar-refractivity contribution in [1.82, 2.24) is 10.2 Å². The fraction of sp³-hybridized carbons (Fsp3) is 1.00. The lowest BCUT2D eigenvalue weighted by molar-refractivity contribution is 0.0708. The maximum absolute atomic E-state index is 5.87. The molecule has 1 fully saturated rings. The van der Waals surface area contributed by atoms with Crippen LogP contribution in [0.25, 0.3) is 0 Å². The molecule has 0 aromatic carbocycles. The Morgan fingerprint density at radius 2 is 1.45 bits per heavy atom. The maximum Gasteiger partial charge on any atom is 0.500 e. The number of hydrogen-bond donors (Lipinski definition) is 1. The van der Waals surface area contributed by atoms with Crippen molar-refractivity contribution >= 4 is 8.80 Å². The number of hydrogen-bond acceptors (Lipinski definition) is 5. The first-order valence-corrected chi connectivity index (χ1v) is 11.0. The molecule has 1 saturated heterocycles. The molecule has 1 N–H and O–H groups in total. The first-order chi connectivity index (χ1) is 10.8. The van der Waals surface area contributed by atoms with Crippen molar-refractivity contribution in [2.45, 2.75) is 52.5 Å². The molecule has 6 heteroatoms. The third kappa shape index (κ3) is 8.03. The van der Waals surface area contributed by atoms with E-state index < -0.39 is 8.80 Å². The van der Waals surface area contributed by atoms with Gasteiger partial charge in [0.25, 0.3) is 0 Å². The molecular formula is C16H36N2O3Si. The van der Waals surface area contributed by atoms with E-state index in [1.807, 2.05) is 20.8 Å². The van der Waals surface area contributed by atoms with Crippen LogP contribution in [0, 0.1) is 0 Å². The smallest absolute Gasteiger partial charge is 0.374 e. The average Bonchev–Trinajstić information content (AvgIpc) is 2.52. The van der Waals surface area contributed by atoms with Crippen LogP contribution in [0.1, 0.15) is 46.5 Å². The minimum Gasteiger partial charge on any atom is -0.374 e. The minimum atomic E-state index is -2.44. The summed E-state index contributed by atoms with van der Waals surface area (Å²) in [7, 11) is -2.44. The van der Waals surface area contributed by atoms with Crippen molar-refractivity contribution in [1.29, 1.82) is 0 Å². The van der Waals surface area contributed by atoms with E-state index in [1.54, 1.807) is 0 Å². The monoisotopic (exact) mass is 332 g/mol. The Hall–Kier alpha value is 0.0169. The third-order valence-electron chi connectivity index (χ3n) is 3.98. The lowest BCUT2D eigenvalue weighted by Gasteiger charge is -2.28. The topological polar surface area (TPSA) is 43.0 Å². The molecule has 1 aliphatic rings. The lowest BCUT2D eigenvalue weighted by Crippen LogP contribution is -2.46. The van der Waals surface area contributed by atoms with Crippen molar-refractivity contribution in [3.63, 3.8) is 0 Å². The van der Waals surface area contributed by atoms with Gasteiger partial charge in [0.05, 0.1) is 0 Å². The van der Waals surface area contributed by atoms with Crippen LogP contribution < -0.4 is 5.32 Å². The van der Waals surface area contributed by atoms with Gasteiger partial charge in [0.2, 0.25) is 0 Å². The molecule has 1 heterocycles. The van der Waals surface area contributed by atoms with E-state index in [2.05, 4.69) is 10.2 Å². The molecule has 0 spiro atoms. The van der Waals surface area contributed by atoms with Gasteiger partial charge in [-0.2, -0.15) is 0 Å². The molecule has 0 unspecified atom stereocenters. The summed E-state index contributed by atoms with van der Waals surface area (Å²) in [5.41, 5.74) is 0. The van der Waals surface area contributed by atoms with Gasteiger partial charge >= 0.3 is 8.80 Å². The Morgan fingerprint density at radius 1 is 0.864 bits per heavy atom. The molecule has 1 rings (SSSR count). The molecular weight excluding hydrogens is 296 g/mol. The van der Waals surface area contributed by atoms with E-state index in [1.165, 1.54) is 38.9 Å². The van der Waals surface area contributed by atoms with E-state index in [9.17, 15) is 0 Å². The van der Waals surface area contributed by atoms with Crippen LogP contribution >= 0.6 is 0 Å². The zero-order valence-electron chi connectivity index (χ0n) is 14.9. The van der Waals surface area contributed by atoms with Crippen LogP contribution in [0.4, 0.5) is 0 Å². The van der Waals surface area contributed by atoms with Crippen molar-refractivity contribution in [3.8, 4) is 0 Å². The summed E-state index contributed by atoms with van der Waals surface area (Å²) >= 11 is 0. The van der Waals surface area contributed by atoms with Gasteiger partial charge in [-0.3, -0.25) is 0 Å². The SMILES string of the molecule is CCO[Si](CCCNCCN1CCCCC1)(OCC)OCC. The van der Waals surface area contributed by atoms with Gasteiger partial charge in [-0.05, 0) is 59.7 Å². The van der Waals surface area contributed by atoms with Gasteiger partial charge in [-0.1, -0.05) is 6.42 Å². The van der Waals surface area contributed by atoms with Crippen molar-refractivity contribution in [2.24, 2.45) is 0 Å². The van der Waals surface area contributed by atoms with Crippen LogP contribution in [0.15, 0.2) is 0 Å². The standard InChI is InChI=1S/C16H36N2O3Si/c1-4-19-22(20-5-2,21-6-3)16-10-11-17-12-15-18-13-8-7-9-14-18/h17H,4-16H2,1-3H3. The van der Waals surface area contributed by atoms with Crippen molar-refractivity contribution in [2.75, 3.05) is 52.5 Å². The Kier molecular flexibility index (Phi) is 11.3. The summed E-state index contributed by atoms with van der Waals surface area (Å²) in [6.45, 7) is 13.8. The largest absolute Gasteiger partial charge is 0.500 e. The van der Waals surface area contributed by atoms with Gasteiger partial charge < -0.3 is 23.5 Å². The molecule has 0 aromatic heterocycles. The molecule has 132 valence electrons. The number of rotatable bonds is 13. The second kappa shape index (κ2) is 12.4. The molecule has 0 bridgehead atoms.